The Balaban J connectivity index is 2.49. The van der Waals surface area contributed by atoms with Crippen LogP contribution in [-0.2, 0) is 14.9 Å². The number of β-amino-alcohol motifs (C(OH)–C–C–N with tert-alkyl or cyclic N) is 2. The number of hydrogen-bond donors (Lipinski definition) is 3. The van der Waals surface area contributed by atoms with E-state index in [0.717, 1.165) is 38.5 Å². The first kappa shape index (κ1) is 26.7. The van der Waals surface area contributed by atoms with Crippen molar-refractivity contribution in [3.05, 3.63) is 12.2 Å². The first-order valence-corrected chi connectivity index (χ1v) is 12.7. The van der Waals surface area contributed by atoms with Gasteiger partial charge in [0.1, 0.15) is 38.0 Å². The summed E-state index contributed by atoms with van der Waals surface area (Å²) in [4.78, 5) is 14.6. The Morgan fingerprint density at radius 1 is 1.17 bits per heavy atom. The molecule has 8 nitrogen and oxygen atoms in total. The molecular weight excluding hydrogens is 408 g/mol. The summed E-state index contributed by atoms with van der Waals surface area (Å²) in [6, 6.07) is 0. The standard InChI is InChI=1S/C21H38N2O6S/c1-2-3-4-5-6-7-8-9-10-11-12-20(26)21-22(15-16-24)13-14-23(21)17-19(25)18-30(27,28)29/h5-6,19,24-25H,2-4,7-18H2,1H3/p+1/b6-5+. The van der Waals surface area contributed by atoms with Crippen LogP contribution in [0.2, 0.25) is 0 Å². The molecule has 0 amide bonds. The first-order chi connectivity index (χ1) is 14.3. The Hall–Kier alpha value is -1.29. The predicted octanol–water partition coefficient (Wildman–Crippen LogP) is 1.61. The number of ketones is 1. The van der Waals surface area contributed by atoms with Crippen LogP contribution in [0, 0.1) is 0 Å². The molecule has 3 N–H and O–H groups in total. The van der Waals surface area contributed by atoms with Crippen molar-refractivity contribution < 1.29 is 32.6 Å². The quantitative estimate of drug-likeness (QED) is 0.134. The van der Waals surface area contributed by atoms with E-state index in [9.17, 15) is 23.4 Å². The van der Waals surface area contributed by atoms with Gasteiger partial charge < -0.3 is 10.2 Å². The van der Waals surface area contributed by atoms with Crippen LogP contribution in [0.3, 0.4) is 0 Å². The number of carbonyl (C=O) groups is 1. The van der Waals surface area contributed by atoms with Gasteiger partial charge in [0.05, 0.1) is 6.61 Å². The van der Waals surface area contributed by atoms with Gasteiger partial charge in [-0.2, -0.15) is 8.42 Å². The zero-order valence-electron chi connectivity index (χ0n) is 18.2. The average Bonchev–Trinajstić information content (AvgIpc) is 3.04. The maximum atomic E-state index is 12.8. The lowest BCUT2D eigenvalue weighted by atomic mass is 10.1. The number of Topliss-reactive ketones (excluding diaryl/α,β-unsaturated/α-hetero) is 1. The molecule has 0 radical (unpaired) electrons. The van der Waals surface area contributed by atoms with Gasteiger partial charge in [0.15, 0.2) is 0 Å². The third-order valence-electron chi connectivity index (χ3n) is 5.11. The molecule has 1 atom stereocenters. The summed E-state index contributed by atoms with van der Waals surface area (Å²) < 4.78 is 32.5. The molecule has 0 fully saturated rings. The van der Waals surface area contributed by atoms with E-state index in [1.165, 1.54) is 12.8 Å². The van der Waals surface area contributed by atoms with E-state index in [2.05, 4.69) is 19.1 Å². The van der Waals surface area contributed by atoms with Crippen LogP contribution in [0.5, 0.6) is 0 Å². The number of hydrogen-bond acceptors (Lipinski definition) is 6. The molecule has 1 unspecified atom stereocenters. The molecule has 1 rings (SSSR count). The van der Waals surface area contributed by atoms with Crippen molar-refractivity contribution in [2.75, 3.05) is 38.5 Å². The van der Waals surface area contributed by atoms with E-state index < -0.39 is 22.0 Å². The summed E-state index contributed by atoms with van der Waals surface area (Å²) in [5.74, 6) is -0.394. The van der Waals surface area contributed by atoms with Crippen molar-refractivity contribution in [2.24, 2.45) is 0 Å². The summed E-state index contributed by atoms with van der Waals surface area (Å²) in [6.07, 6.45) is 12.1. The Kier molecular flexibility index (Phi) is 13.1. The second kappa shape index (κ2) is 14.7. The van der Waals surface area contributed by atoms with Gasteiger partial charge in [0, 0.05) is 6.42 Å². The molecule has 1 aliphatic rings. The number of rotatable bonds is 17. The number of aliphatic hydroxyl groups is 2. The summed E-state index contributed by atoms with van der Waals surface area (Å²) in [5.41, 5.74) is 0. The summed E-state index contributed by atoms with van der Waals surface area (Å²) in [5, 5.41) is 19.2. The minimum atomic E-state index is -4.29. The van der Waals surface area contributed by atoms with Crippen molar-refractivity contribution in [3.63, 3.8) is 0 Å². The van der Waals surface area contributed by atoms with Crippen molar-refractivity contribution in [1.82, 2.24) is 4.90 Å². The second-order valence-corrected chi connectivity index (χ2v) is 9.37. The fraction of sp³-hybridized carbons (Fsp3) is 0.810. The maximum absolute atomic E-state index is 12.8. The van der Waals surface area contributed by atoms with Crippen LogP contribution in [0.25, 0.3) is 0 Å². The molecule has 0 aliphatic carbocycles. The SMILES string of the molecule is CCCC/C=C/CCCCCCC(=O)C1=[N+](CC(O)CS(=O)(=O)O)CCN1CCO. The Labute approximate surface area is 181 Å². The minimum absolute atomic E-state index is 0.0485. The molecular formula is C21H39N2O6S+. The van der Waals surface area contributed by atoms with Crippen LogP contribution in [-0.4, -0.2) is 88.9 Å². The highest BCUT2D eigenvalue weighted by Crippen LogP contribution is 2.11. The number of amidine groups is 1. The van der Waals surface area contributed by atoms with Crippen molar-refractivity contribution in [1.29, 1.82) is 0 Å². The van der Waals surface area contributed by atoms with E-state index in [-0.39, 0.29) is 18.9 Å². The molecule has 0 bridgehead atoms. The Morgan fingerprint density at radius 2 is 1.83 bits per heavy atom. The van der Waals surface area contributed by atoms with Gasteiger partial charge in [-0.3, -0.25) is 18.8 Å². The topological polar surface area (TPSA) is 118 Å². The van der Waals surface area contributed by atoms with Gasteiger partial charge in [0.25, 0.3) is 10.1 Å². The largest absolute Gasteiger partial charge is 0.392 e. The average molecular weight is 448 g/mol. The summed E-state index contributed by atoms with van der Waals surface area (Å²) >= 11 is 0. The van der Waals surface area contributed by atoms with Gasteiger partial charge in [-0.05, 0) is 25.7 Å². The van der Waals surface area contributed by atoms with Crippen molar-refractivity contribution >= 4 is 21.7 Å². The van der Waals surface area contributed by atoms with Crippen LogP contribution < -0.4 is 0 Å². The van der Waals surface area contributed by atoms with E-state index in [4.69, 9.17) is 4.55 Å². The molecule has 0 aromatic heterocycles. The number of aliphatic hydroxyl groups excluding tert-OH is 2. The predicted molar refractivity (Wildman–Crippen MR) is 117 cm³/mol. The van der Waals surface area contributed by atoms with Crippen molar-refractivity contribution in [2.45, 2.75) is 70.8 Å². The number of allylic oxidation sites excluding steroid dienone is 2. The van der Waals surface area contributed by atoms with Crippen LogP contribution in [0.1, 0.15) is 64.7 Å². The lowest BCUT2D eigenvalue weighted by Crippen LogP contribution is -2.40. The molecule has 0 aromatic carbocycles. The van der Waals surface area contributed by atoms with Crippen LogP contribution >= 0.6 is 0 Å². The molecule has 174 valence electrons. The van der Waals surface area contributed by atoms with Gasteiger partial charge in [-0.25, -0.2) is 0 Å². The molecule has 0 aromatic rings. The van der Waals surface area contributed by atoms with Crippen LogP contribution in [0.15, 0.2) is 12.2 Å². The number of nitrogens with zero attached hydrogens (tertiary/aromatic N) is 2. The molecule has 0 saturated heterocycles. The zero-order chi connectivity index (χ0) is 22.4. The lowest BCUT2D eigenvalue weighted by Gasteiger charge is -2.13. The fourth-order valence-corrected chi connectivity index (χ4v) is 4.23. The van der Waals surface area contributed by atoms with Crippen molar-refractivity contribution in [3.8, 4) is 0 Å². The third kappa shape index (κ3) is 11.2. The minimum Gasteiger partial charge on any atom is -0.392 e. The first-order valence-electron chi connectivity index (χ1n) is 11.1. The van der Waals surface area contributed by atoms with Gasteiger partial charge in [-0.15, -0.1) is 0 Å². The molecule has 30 heavy (non-hydrogen) atoms. The van der Waals surface area contributed by atoms with E-state index in [1.54, 1.807) is 9.48 Å². The van der Waals surface area contributed by atoms with Gasteiger partial charge >= 0.3 is 5.84 Å². The van der Waals surface area contributed by atoms with E-state index >= 15 is 0 Å². The normalized spacial score (nSPS) is 16.1. The molecule has 0 saturated carbocycles. The second-order valence-electron chi connectivity index (χ2n) is 7.87. The molecule has 9 heteroatoms. The van der Waals surface area contributed by atoms with Gasteiger partial charge in [0.2, 0.25) is 5.78 Å². The molecule has 0 spiro atoms. The highest BCUT2D eigenvalue weighted by molar-refractivity contribution is 7.85. The summed E-state index contributed by atoms with van der Waals surface area (Å²) in [6.45, 7) is 3.36. The highest BCUT2D eigenvalue weighted by Gasteiger charge is 2.36. The Bertz CT molecular complexity index is 675. The number of unbranched alkanes of at least 4 members (excludes halogenated alkanes) is 6. The monoisotopic (exact) mass is 447 g/mol. The van der Waals surface area contributed by atoms with Gasteiger partial charge in [-0.1, -0.05) is 44.8 Å². The zero-order valence-corrected chi connectivity index (χ0v) is 19.0. The van der Waals surface area contributed by atoms with Crippen LogP contribution in [0.4, 0.5) is 0 Å². The van der Waals surface area contributed by atoms with E-state index in [1.807, 2.05) is 0 Å². The maximum Gasteiger partial charge on any atom is 0.316 e. The molecule has 1 heterocycles. The Morgan fingerprint density at radius 3 is 2.47 bits per heavy atom. The van der Waals surface area contributed by atoms with E-state index in [0.29, 0.717) is 31.9 Å². The smallest absolute Gasteiger partial charge is 0.316 e. The summed E-state index contributed by atoms with van der Waals surface area (Å²) in [7, 11) is -4.29. The lowest BCUT2D eigenvalue weighted by molar-refractivity contribution is -0.525. The third-order valence-corrected chi connectivity index (χ3v) is 5.91. The molecule has 1 aliphatic heterocycles. The fourth-order valence-electron chi connectivity index (χ4n) is 3.64. The highest BCUT2D eigenvalue weighted by atomic mass is 32.2. The number of carbonyl (C=O) groups excluding carboxylic acids is 1.